The van der Waals surface area contributed by atoms with Gasteiger partial charge in [-0.25, -0.2) is 9.78 Å². The molecule has 0 spiro atoms. The third kappa shape index (κ3) is 4.54. The smallest absolute Gasteiger partial charge is 0.346 e. The van der Waals surface area contributed by atoms with Crippen molar-refractivity contribution in [3.63, 3.8) is 0 Å². The number of nitrogens with one attached hydrogen (secondary N) is 1. The second-order valence-electron chi connectivity index (χ2n) is 9.98. The van der Waals surface area contributed by atoms with E-state index < -0.39 is 5.97 Å². The summed E-state index contributed by atoms with van der Waals surface area (Å²) in [6, 6.07) is 8.74. The minimum Gasteiger partial charge on any atom is -0.477 e. The second-order valence-corrected chi connectivity index (χ2v) is 11.3. The van der Waals surface area contributed by atoms with Crippen LogP contribution in [0.2, 0.25) is 5.02 Å². The van der Waals surface area contributed by atoms with Crippen LogP contribution in [0.3, 0.4) is 0 Å². The number of fused-ring (bicyclic) bond motifs is 1. The van der Waals surface area contributed by atoms with Crippen LogP contribution in [0, 0.1) is 0 Å². The molecule has 1 aliphatic rings. The third-order valence-electron chi connectivity index (χ3n) is 7.44. The lowest BCUT2D eigenvalue weighted by molar-refractivity contribution is 0.0700. The van der Waals surface area contributed by atoms with Crippen molar-refractivity contribution in [1.29, 1.82) is 0 Å². The number of pyridine rings is 1. The Kier molecular flexibility index (Phi) is 6.85. The van der Waals surface area contributed by atoms with E-state index in [1.54, 1.807) is 33.6 Å². The first-order chi connectivity index (χ1) is 19.4. The summed E-state index contributed by atoms with van der Waals surface area (Å²) in [5.41, 5.74) is 5.42. The van der Waals surface area contributed by atoms with Gasteiger partial charge in [0.1, 0.15) is 17.0 Å². The SMILES string of the molecule is CCCC(C)c1c(-c2cnc([C@@H]3CCc4cc(-c5cc(Cl)ccc5-n5cnnn5)cc(=O)n43)[nH]2)csc1C(=O)O. The Morgan fingerprint density at radius 3 is 2.88 bits per heavy atom. The molecule has 1 aliphatic heterocycles. The zero-order valence-electron chi connectivity index (χ0n) is 21.8. The van der Waals surface area contributed by atoms with Crippen molar-refractivity contribution in [2.45, 2.75) is 51.5 Å². The summed E-state index contributed by atoms with van der Waals surface area (Å²) >= 11 is 7.56. The largest absolute Gasteiger partial charge is 0.477 e. The number of nitrogens with zero attached hydrogens (tertiary/aromatic N) is 6. The summed E-state index contributed by atoms with van der Waals surface area (Å²) in [6.07, 6.45) is 6.50. The predicted octanol–water partition coefficient (Wildman–Crippen LogP) is 5.73. The molecule has 1 aromatic carbocycles. The molecule has 0 radical (unpaired) electrons. The number of carboxylic acids is 1. The van der Waals surface area contributed by atoms with Crippen molar-refractivity contribution in [1.82, 2.24) is 34.7 Å². The number of H-pyrrole nitrogens is 1. The van der Waals surface area contributed by atoms with Crippen LogP contribution < -0.4 is 5.56 Å². The summed E-state index contributed by atoms with van der Waals surface area (Å²) < 4.78 is 3.32. The number of tetrazole rings is 1. The molecular formula is C28H26ClN7O3S. The number of carboxylic acid groups (broad SMARTS) is 1. The number of aromatic nitrogens is 7. The van der Waals surface area contributed by atoms with Gasteiger partial charge in [0.05, 0.1) is 23.6 Å². The lowest BCUT2D eigenvalue weighted by Gasteiger charge is -2.15. The topological polar surface area (TPSA) is 132 Å². The number of imidazole rings is 1. The zero-order chi connectivity index (χ0) is 28.0. The molecule has 5 heterocycles. The van der Waals surface area contributed by atoms with Gasteiger partial charge in [0.25, 0.3) is 5.56 Å². The van der Waals surface area contributed by atoms with Crippen molar-refractivity contribution in [3.05, 3.63) is 85.6 Å². The molecule has 0 aliphatic carbocycles. The van der Waals surface area contributed by atoms with E-state index in [0.29, 0.717) is 34.3 Å². The number of aryl methyl sites for hydroxylation is 1. The fourth-order valence-corrected chi connectivity index (χ4v) is 6.87. The highest BCUT2D eigenvalue weighted by Crippen LogP contribution is 2.39. The molecule has 5 aromatic rings. The Morgan fingerprint density at radius 2 is 2.12 bits per heavy atom. The van der Waals surface area contributed by atoms with Crippen LogP contribution >= 0.6 is 22.9 Å². The number of carbonyl (C=O) groups is 1. The van der Waals surface area contributed by atoms with E-state index in [1.807, 2.05) is 17.5 Å². The van der Waals surface area contributed by atoms with Crippen LogP contribution in [0.25, 0.3) is 28.1 Å². The Bertz CT molecular complexity index is 1770. The molecule has 0 saturated carbocycles. The average Bonchev–Trinajstić information content (AvgIpc) is 3.73. The molecule has 4 aromatic heterocycles. The highest BCUT2D eigenvalue weighted by Gasteiger charge is 2.29. The van der Waals surface area contributed by atoms with Crippen molar-refractivity contribution >= 4 is 28.9 Å². The second kappa shape index (κ2) is 10.5. The van der Waals surface area contributed by atoms with E-state index in [1.165, 1.54) is 17.7 Å². The van der Waals surface area contributed by atoms with Crippen LogP contribution in [0.15, 0.2) is 53.0 Å². The van der Waals surface area contributed by atoms with Gasteiger partial charge < -0.3 is 14.7 Å². The highest BCUT2D eigenvalue weighted by atomic mass is 35.5. The van der Waals surface area contributed by atoms with Gasteiger partial charge in [-0.2, -0.15) is 4.68 Å². The molecule has 2 N–H and O–H groups in total. The summed E-state index contributed by atoms with van der Waals surface area (Å²) in [6.45, 7) is 4.16. The summed E-state index contributed by atoms with van der Waals surface area (Å²) in [7, 11) is 0. The van der Waals surface area contributed by atoms with Gasteiger partial charge in [0, 0.05) is 33.3 Å². The number of thiophene rings is 1. The standard InChI is InChI=1S/C28H26ClN7O3S/c1-3-4-15(2)25-20(13-40-26(25)28(38)39)21-12-30-27(32-21)23-8-6-18-9-16(10-24(37)36(18)23)19-11-17(29)5-7-22(19)35-14-31-33-34-35/h5,7,9-15,23H,3-4,6,8H2,1-2H3,(H,30,32)(H,38,39)/t15?,23-/m0/s1. The van der Waals surface area contributed by atoms with Crippen molar-refractivity contribution < 1.29 is 9.90 Å². The fourth-order valence-electron chi connectivity index (χ4n) is 5.67. The molecule has 6 rings (SSSR count). The first-order valence-corrected chi connectivity index (χ1v) is 14.3. The van der Waals surface area contributed by atoms with Crippen LogP contribution in [-0.4, -0.2) is 45.8 Å². The first kappa shape index (κ1) is 26.1. The highest BCUT2D eigenvalue weighted by molar-refractivity contribution is 7.12. The fraction of sp³-hybridized carbons (Fsp3) is 0.286. The van der Waals surface area contributed by atoms with Crippen LogP contribution in [0.4, 0.5) is 0 Å². The van der Waals surface area contributed by atoms with Gasteiger partial charge >= 0.3 is 5.97 Å². The van der Waals surface area contributed by atoms with Crippen molar-refractivity contribution in [3.8, 4) is 28.1 Å². The van der Waals surface area contributed by atoms with Gasteiger partial charge in [-0.3, -0.25) is 4.79 Å². The first-order valence-electron chi connectivity index (χ1n) is 13.0. The molecule has 10 nitrogen and oxygen atoms in total. The Morgan fingerprint density at radius 1 is 1.27 bits per heavy atom. The number of hydrogen-bond donors (Lipinski definition) is 2. The molecule has 0 fully saturated rings. The van der Waals surface area contributed by atoms with Crippen molar-refractivity contribution in [2.24, 2.45) is 0 Å². The Balaban J connectivity index is 1.37. The predicted molar refractivity (Wildman–Crippen MR) is 153 cm³/mol. The van der Waals surface area contributed by atoms with Gasteiger partial charge in [-0.05, 0) is 71.0 Å². The lowest BCUT2D eigenvalue weighted by Crippen LogP contribution is -2.23. The number of aromatic carboxylic acids is 1. The maximum atomic E-state index is 13.5. The molecule has 0 amide bonds. The lowest BCUT2D eigenvalue weighted by atomic mass is 9.92. The summed E-state index contributed by atoms with van der Waals surface area (Å²) in [5, 5.41) is 23.7. The normalized spacial score (nSPS) is 15.3. The summed E-state index contributed by atoms with van der Waals surface area (Å²) in [5.74, 6) is -0.135. The van der Waals surface area contributed by atoms with Crippen LogP contribution in [0.1, 0.15) is 71.8 Å². The van der Waals surface area contributed by atoms with Gasteiger partial charge in [-0.1, -0.05) is 31.9 Å². The van der Waals surface area contributed by atoms with E-state index in [-0.39, 0.29) is 17.5 Å². The Hall–Kier alpha value is -4.09. The minimum absolute atomic E-state index is 0.0991. The molecule has 0 bridgehead atoms. The van der Waals surface area contributed by atoms with E-state index in [9.17, 15) is 14.7 Å². The van der Waals surface area contributed by atoms with Gasteiger partial charge in [0.2, 0.25) is 0 Å². The van der Waals surface area contributed by atoms with Gasteiger partial charge in [0.15, 0.2) is 0 Å². The monoisotopic (exact) mass is 575 g/mol. The maximum absolute atomic E-state index is 13.5. The third-order valence-corrected chi connectivity index (χ3v) is 8.66. The van der Waals surface area contributed by atoms with Crippen LogP contribution in [-0.2, 0) is 6.42 Å². The molecule has 0 saturated heterocycles. The van der Waals surface area contributed by atoms with Crippen LogP contribution in [0.5, 0.6) is 0 Å². The average molecular weight is 576 g/mol. The number of aromatic amines is 1. The number of benzene rings is 1. The molecule has 40 heavy (non-hydrogen) atoms. The molecule has 1 unspecified atom stereocenters. The van der Waals surface area contributed by atoms with E-state index in [2.05, 4.69) is 39.3 Å². The molecule has 12 heteroatoms. The van der Waals surface area contributed by atoms with Gasteiger partial charge in [-0.15, -0.1) is 16.4 Å². The van der Waals surface area contributed by atoms with E-state index >= 15 is 0 Å². The minimum atomic E-state index is -0.913. The quantitative estimate of drug-likeness (QED) is 0.241. The zero-order valence-corrected chi connectivity index (χ0v) is 23.4. The molecule has 204 valence electrons. The number of rotatable bonds is 8. The Labute approximate surface area is 238 Å². The number of hydrogen-bond acceptors (Lipinski definition) is 7. The van der Waals surface area contributed by atoms with E-state index in [0.717, 1.165) is 46.5 Å². The van der Waals surface area contributed by atoms with Crippen molar-refractivity contribution in [2.75, 3.05) is 0 Å². The number of halogens is 1. The summed E-state index contributed by atoms with van der Waals surface area (Å²) in [4.78, 5) is 33.9. The van der Waals surface area contributed by atoms with E-state index in [4.69, 9.17) is 11.6 Å². The molecular weight excluding hydrogens is 550 g/mol. The maximum Gasteiger partial charge on any atom is 0.346 e. The molecule has 2 atom stereocenters.